The number of hydrogen-bond donors (Lipinski definition) is 4. The highest BCUT2D eigenvalue weighted by molar-refractivity contribution is 5.97. The molecule has 0 fully saturated rings. The first-order valence-electron chi connectivity index (χ1n) is 6.10. The van der Waals surface area contributed by atoms with Crippen LogP contribution in [0.15, 0.2) is 18.2 Å². The van der Waals surface area contributed by atoms with E-state index >= 15 is 0 Å². The maximum Gasteiger partial charge on any atom is 0.255 e. The zero-order valence-electron chi connectivity index (χ0n) is 10.6. The lowest BCUT2D eigenvalue weighted by molar-refractivity contribution is 0.0949. The number of hydrogen-bond acceptors (Lipinski definition) is 4. The van der Waals surface area contributed by atoms with E-state index in [4.69, 9.17) is 0 Å². The molecule has 18 heavy (non-hydrogen) atoms. The van der Waals surface area contributed by atoms with E-state index in [1.165, 1.54) is 18.2 Å². The van der Waals surface area contributed by atoms with Gasteiger partial charge in [-0.2, -0.15) is 0 Å². The first-order chi connectivity index (χ1) is 8.66. The van der Waals surface area contributed by atoms with E-state index in [1.54, 1.807) is 0 Å². The van der Waals surface area contributed by atoms with Crippen molar-refractivity contribution in [1.82, 2.24) is 10.6 Å². The molecular weight excluding hydrogens is 232 g/mol. The van der Waals surface area contributed by atoms with Crippen molar-refractivity contribution in [3.8, 4) is 11.5 Å². The quantitative estimate of drug-likeness (QED) is 0.434. The highest BCUT2D eigenvalue weighted by atomic mass is 16.3. The summed E-state index contributed by atoms with van der Waals surface area (Å²) in [6.07, 6.45) is 3.00. The standard InChI is InChI=1S/C13H20N2O3/c1-14-8-3-2-4-9-15-13(18)10-6-5-7-11(16)12(10)17/h5-7,14,16-17H,2-4,8-9H2,1H3,(H,15,18). The lowest BCUT2D eigenvalue weighted by atomic mass is 10.1. The predicted octanol–water partition coefficient (Wildman–Crippen LogP) is 1.22. The minimum atomic E-state index is -0.370. The summed E-state index contributed by atoms with van der Waals surface area (Å²) in [4.78, 5) is 11.7. The van der Waals surface area contributed by atoms with Gasteiger partial charge in [0.25, 0.3) is 5.91 Å². The summed E-state index contributed by atoms with van der Waals surface area (Å²) in [6.45, 7) is 1.54. The summed E-state index contributed by atoms with van der Waals surface area (Å²) in [7, 11) is 1.91. The number of carbonyl (C=O) groups excluding carboxylic acids is 1. The minimum Gasteiger partial charge on any atom is -0.504 e. The van der Waals surface area contributed by atoms with Crippen LogP contribution in [-0.2, 0) is 0 Å². The average Bonchev–Trinajstić information content (AvgIpc) is 2.36. The lowest BCUT2D eigenvalue weighted by Crippen LogP contribution is -2.24. The molecule has 1 amide bonds. The van der Waals surface area contributed by atoms with E-state index in [-0.39, 0.29) is 23.0 Å². The topological polar surface area (TPSA) is 81.6 Å². The summed E-state index contributed by atoms with van der Waals surface area (Å²) in [5.74, 6) is -1.01. The molecule has 1 rings (SSSR count). The van der Waals surface area contributed by atoms with E-state index in [0.717, 1.165) is 25.8 Å². The van der Waals surface area contributed by atoms with E-state index < -0.39 is 0 Å². The number of rotatable bonds is 7. The van der Waals surface area contributed by atoms with Gasteiger partial charge in [0.15, 0.2) is 11.5 Å². The Hall–Kier alpha value is -1.75. The molecule has 0 heterocycles. The van der Waals surface area contributed by atoms with Crippen LogP contribution in [0.1, 0.15) is 29.6 Å². The first-order valence-corrected chi connectivity index (χ1v) is 6.10. The lowest BCUT2D eigenvalue weighted by Gasteiger charge is -2.07. The Morgan fingerprint density at radius 1 is 1.17 bits per heavy atom. The van der Waals surface area contributed by atoms with Gasteiger partial charge in [0, 0.05) is 6.54 Å². The number of carbonyl (C=O) groups is 1. The van der Waals surface area contributed by atoms with Gasteiger partial charge < -0.3 is 20.8 Å². The summed E-state index contributed by atoms with van der Waals surface area (Å²) in [5.41, 5.74) is 0.102. The van der Waals surface area contributed by atoms with E-state index in [0.29, 0.717) is 6.54 Å². The van der Waals surface area contributed by atoms with E-state index in [9.17, 15) is 15.0 Å². The maximum absolute atomic E-state index is 11.7. The fourth-order valence-electron chi connectivity index (χ4n) is 1.62. The molecular formula is C13H20N2O3. The molecule has 1 aromatic carbocycles. The monoisotopic (exact) mass is 252 g/mol. The zero-order chi connectivity index (χ0) is 13.4. The SMILES string of the molecule is CNCCCCCNC(=O)c1cccc(O)c1O. The molecule has 0 aliphatic carbocycles. The second kappa shape index (κ2) is 7.55. The van der Waals surface area contributed by atoms with Crippen LogP contribution in [-0.4, -0.2) is 36.3 Å². The molecule has 0 saturated carbocycles. The van der Waals surface area contributed by atoms with Gasteiger partial charge in [0.1, 0.15) is 0 Å². The highest BCUT2D eigenvalue weighted by Crippen LogP contribution is 2.27. The number of para-hydroxylation sites is 1. The van der Waals surface area contributed by atoms with Crippen LogP contribution in [0.5, 0.6) is 11.5 Å². The highest BCUT2D eigenvalue weighted by Gasteiger charge is 2.12. The van der Waals surface area contributed by atoms with Crippen molar-refractivity contribution in [3.05, 3.63) is 23.8 Å². The summed E-state index contributed by atoms with van der Waals surface area (Å²) >= 11 is 0. The van der Waals surface area contributed by atoms with Crippen molar-refractivity contribution in [2.45, 2.75) is 19.3 Å². The van der Waals surface area contributed by atoms with E-state index in [1.807, 2.05) is 7.05 Å². The molecule has 5 nitrogen and oxygen atoms in total. The molecule has 5 heteroatoms. The van der Waals surface area contributed by atoms with Crippen molar-refractivity contribution in [2.24, 2.45) is 0 Å². The Morgan fingerprint density at radius 2 is 1.89 bits per heavy atom. The first kappa shape index (κ1) is 14.3. The predicted molar refractivity (Wildman–Crippen MR) is 69.9 cm³/mol. The molecule has 0 aliphatic rings. The Morgan fingerprint density at radius 3 is 2.61 bits per heavy atom. The Balaban J connectivity index is 2.35. The van der Waals surface area contributed by atoms with Gasteiger partial charge in [-0.15, -0.1) is 0 Å². The summed E-state index contributed by atoms with van der Waals surface area (Å²) < 4.78 is 0. The van der Waals surface area contributed by atoms with Crippen molar-refractivity contribution >= 4 is 5.91 Å². The Labute approximate surface area is 107 Å². The van der Waals surface area contributed by atoms with Crippen LogP contribution in [0.2, 0.25) is 0 Å². The third-order valence-electron chi connectivity index (χ3n) is 2.65. The van der Waals surface area contributed by atoms with Gasteiger partial charge in [-0.1, -0.05) is 12.5 Å². The number of unbranched alkanes of at least 4 members (excludes halogenated alkanes) is 2. The molecule has 0 atom stereocenters. The van der Waals surface area contributed by atoms with E-state index in [2.05, 4.69) is 10.6 Å². The largest absolute Gasteiger partial charge is 0.504 e. The van der Waals surface area contributed by atoms with Crippen molar-refractivity contribution in [1.29, 1.82) is 0 Å². The zero-order valence-corrected chi connectivity index (χ0v) is 10.6. The van der Waals surface area contributed by atoms with Gasteiger partial charge in [-0.25, -0.2) is 0 Å². The van der Waals surface area contributed by atoms with Gasteiger partial charge >= 0.3 is 0 Å². The molecule has 0 saturated heterocycles. The fourth-order valence-corrected chi connectivity index (χ4v) is 1.62. The molecule has 4 N–H and O–H groups in total. The number of benzene rings is 1. The maximum atomic E-state index is 11.7. The van der Waals surface area contributed by atoms with Crippen molar-refractivity contribution in [3.63, 3.8) is 0 Å². The molecule has 0 aromatic heterocycles. The third kappa shape index (κ3) is 4.25. The molecule has 0 bridgehead atoms. The minimum absolute atomic E-state index is 0.102. The molecule has 0 spiro atoms. The Kier molecular flexibility index (Phi) is 6.00. The van der Waals surface area contributed by atoms with Gasteiger partial charge in [-0.05, 0) is 38.6 Å². The smallest absolute Gasteiger partial charge is 0.255 e. The fraction of sp³-hybridized carbons (Fsp3) is 0.462. The number of phenolic OH excluding ortho intramolecular Hbond substituents is 2. The normalized spacial score (nSPS) is 10.3. The Bertz CT molecular complexity index is 394. The van der Waals surface area contributed by atoms with Crippen LogP contribution in [0.4, 0.5) is 0 Å². The summed E-state index contributed by atoms with van der Waals surface area (Å²) in [5, 5.41) is 24.6. The van der Waals surface area contributed by atoms with Crippen LogP contribution >= 0.6 is 0 Å². The van der Waals surface area contributed by atoms with Gasteiger partial charge in [0.05, 0.1) is 5.56 Å². The van der Waals surface area contributed by atoms with Crippen LogP contribution in [0, 0.1) is 0 Å². The third-order valence-corrected chi connectivity index (χ3v) is 2.65. The van der Waals surface area contributed by atoms with Crippen LogP contribution < -0.4 is 10.6 Å². The second-order valence-electron chi connectivity index (χ2n) is 4.09. The van der Waals surface area contributed by atoms with Crippen molar-refractivity contribution < 1.29 is 15.0 Å². The van der Waals surface area contributed by atoms with Crippen LogP contribution in [0.3, 0.4) is 0 Å². The van der Waals surface area contributed by atoms with Crippen LogP contribution in [0.25, 0.3) is 0 Å². The van der Waals surface area contributed by atoms with Gasteiger partial charge in [0.2, 0.25) is 0 Å². The molecule has 0 radical (unpaired) electrons. The second-order valence-corrected chi connectivity index (χ2v) is 4.09. The number of phenols is 2. The van der Waals surface area contributed by atoms with Gasteiger partial charge in [-0.3, -0.25) is 4.79 Å². The average molecular weight is 252 g/mol. The summed E-state index contributed by atoms with van der Waals surface area (Å²) in [6, 6.07) is 4.34. The number of nitrogens with one attached hydrogen (secondary N) is 2. The van der Waals surface area contributed by atoms with Crippen molar-refractivity contribution in [2.75, 3.05) is 20.1 Å². The molecule has 0 unspecified atom stereocenters. The molecule has 0 aliphatic heterocycles. The number of amides is 1. The molecule has 1 aromatic rings. The molecule has 100 valence electrons. The number of aromatic hydroxyl groups is 2.